The topological polar surface area (TPSA) is 103 Å². The van der Waals surface area contributed by atoms with Crippen LogP contribution in [-0.2, 0) is 9.59 Å². The van der Waals surface area contributed by atoms with Gasteiger partial charge in [-0.25, -0.2) is 0 Å². The molecule has 0 bridgehead atoms. The van der Waals surface area contributed by atoms with Crippen LogP contribution in [0.25, 0.3) is 0 Å². The minimum absolute atomic E-state index is 0.0744. The molecule has 1 saturated heterocycles. The molecule has 0 radical (unpaired) electrons. The number of carboxylic acid groups (broad SMARTS) is 1. The fourth-order valence-corrected chi connectivity index (χ4v) is 5.08. The maximum Gasteiger partial charge on any atom is 0.322 e. The molecule has 2 aromatic rings. The second-order valence-electron chi connectivity index (χ2n) is 10.2. The van der Waals surface area contributed by atoms with E-state index < -0.39 is 5.97 Å². The standard InChI is InChI=1S/C28H39N3O5/c1-4-13-28(3,19-25(32)29-20-26(33)34)14-17-30-15-11-23(12-16-30)31(22-9-7-21(2)8-10-22)27(35)24-6-5-18-36-24/h5-10,18,23H,4,11-17,19-20H2,1-3H3,(H,29,32)(H,33,34). The van der Waals surface area contributed by atoms with Crippen molar-refractivity contribution in [2.45, 2.75) is 65.3 Å². The Kier molecular flexibility index (Phi) is 9.70. The summed E-state index contributed by atoms with van der Waals surface area (Å²) >= 11 is 0. The average molecular weight is 498 g/mol. The summed E-state index contributed by atoms with van der Waals surface area (Å²) in [5, 5.41) is 11.3. The van der Waals surface area contributed by atoms with Crippen LogP contribution in [0.2, 0.25) is 0 Å². The molecule has 196 valence electrons. The Labute approximate surface area is 213 Å². The number of benzene rings is 1. The molecule has 2 heterocycles. The van der Waals surface area contributed by atoms with Crippen LogP contribution in [0.5, 0.6) is 0 Å². The molecule has 1 aromatic carbocycles. The average Bonchev–Trinajstić information content (AvgIpc) is 3.39. The van der Waals surface area contributed by atoms with Crippen molar-refractivity contribution < 1.29 is 23.9 Å². The zero-order chi connectivity index (χ0) is 26.1. The molecule has 1 aliphatic rings. The number of carboxylic acids is 1. The first-order valence-corrected chi connectivity index (χ1v) is 12.9. The highest BCUT2D eigenvalue weighted by atomic mass is 16.4. The Hall–Kier alpha value is -3.13. The van der Waals surface area contributed by atoms with E-state index in [2.05, 4.69) is 24.1 Å². The number of hydrogen-bond acceptors (Lipinski definition) is 5. The number of aryl methyl sites for hydroxylation is 1. The lowest BCUT2D eigenvalue weighted by molar-refractivity contribution is -0.138. The maximum absolute atomic E-state index is 13.3. The Bertz CT molecular complexity index is 997. The number of carbonyl (C=O) groups excluding carboxylic acids is 2. The normalized spacial score (nSPS) is 16.3. The van der Waals surface area contributed by atoms with Crippen LogP contribution in [0.15, 0.2) is 47.1 Å². The van der Waals surface area contributed by atoms with Gasteiger partial charge in [0, 0.05) is 31.2 Å². The van der Waals surface area contributed by atoms with Crippen LogP contribution in [0.3, 0.4) is 0 Å². The predicted octanol–water partition coefficient (Wildman–Crippen LogP) is 4.49. The fourth-order valence-electron chi connectivity index (χ4n) is 5.08. The Morgan fingerprint density at radius 2 is 1.83 bits per heavy atom. The minimum atomic E-state index is -1.03. The van der Waals surface area contributed by atoms with Gasteiger partial charge in [0.05, 0.1) is 6.26 Å². The van der Waals surface area contributed by atoms with E-state index in [1.54, 1.807) is 12.1 Å². The van der Waals surface area contributed by atoms with Gasteiger partial charge in [-0.1, -0.05) is 38.0 Å². The van der Waals surface area contributed by atoms with Gasteiger partial charge in [-0.15, -0.1) is 0 Å². The molecule has 3 rings (SSSR count). The van der Waals surface area contributed by atoms with Gasteiger partial charge in [-0.05, 0) is 68.8 Å². The molecule has 0 spiro atoms. The van der Waals surface area contributed by atoms with E-state index in [4.69, 9.17) is 9.52 Å². The number of furan rings is 1. The number of piperidine rings is 1. The van der Waals surface area contributed by atoms with Crippen molar-refractivity contribution >= 4 is 23.5 Å². The quantitative estimate of drug-likeness (QED) is 0.448. The lowest BCUT2D eigenvalue weighted by Gasteiger charge is -2.39. The van der Waals surface area contributed by atoms with E-state index in [0.717, 1.165) is 63.0 Å². The van der Waals surface area contributed by atoms with Gasteiger partial charge in [0.15, 0.2) is 5.76 Å². The van der Waals surface area contributed by atoms with Crippen LogP contribution >= 0.6 is 0 Å². The number of likely N-dealkylation sites (tertiary alicyclic amines) is 1. The maximum atomic E-state index is 13.3. The summed E-state index contributed by atoms with van der Waals surface area (Å²) in [5.41, 5.74) is 1.84. The van der Waals surface area contributed by atoms with Gasteiger partial charge in [0.1, 0.15) is 6.54 Å². The Morgan fingerprint density at radius 3 is 2.42 bits per heavy atom. The molecule has 2 N–H and O–H groups in total. The largest absolute Gasteiger partial charge is 0.480 e. The molecule has 1 fully saturated rings. The van der Waals surface area contributed by atoms with Crippen molar-refractivity contribution in [2.75, 3.05) is 31.1 Å². The summed E-state index contributed by atoms with van der Waals surface area (Å²) in [7, 11) is 0. The highest BCUT2D eigenvalue weighted by molar-refractivity contribution is 6.04. The molecule has 1 aromatic heterocycles. The fraction of sp³-hybridized carbons (Fsp3) is 0.536. The Morgan fingerprint density at radius 1 is 1.14 bits per heavy atom. The summed E-state index contributed by atoms with van der Waals surface area (Å²) in [6, 6.07) is 11.5. The second kappa shape index (κ2) is 12.7. The molecule has 1 atom stereocenters. The van der Waals surface area contributed by atoms with E-state index >= 15 is 0 Å². The van der Waals surface area contributed by atoms with Crippen molar-refractivity contribution in [3.8, 4) is 0 Å². The van der Waals surface area contributed by atoms with Gasteiger partial charge in [0.25, 0.3) is 5.91 Å². The van der Waals surface area contributed by atoms with Crippen LogP contribution < -0.4 is 10.2 Å². The molecule has 2 amide bonds. The number of amides is 2. The second-order valence-corrected chi connectivity index (χ2v) is 10.2. The monoisotopic (exact) mass is 497 g/mol. The van der Waals surface area contributed by atoms with Gasteiger partial charge in [0.2, 0.25) is 5.91 Å². The summed E-state index contributed by atoms with van der Waals surface area (Å²) in [6.45, 7) is 8.51. The predicted molar refractivity (Wildman–Crippen MR) is 139 cm³/mol. The number of nitrogens with zero attached hydrogens (tertiary/aromatic N) is 2. The van der Waals surface area contributed by atoms with Crippen molar-refractivity contribution in [3.05, 3.63) is 54.0 Å². The first-order valence-electron chi connectivity index (χ1n) is 12.9. The molecule has 36 heavy (non-hydrogen) atoms. The number of hydrogen-bond donors (Lipinski definition) is 2. The minimum Gasteiger partial charge on any atom is -0.480 e. The first-order chi connectivity index (χ1) is 17.2. The van der Waals surface area contributed by atoms with Crippen molar-refractivity contribution in [1.29, 1.82) is 0 Å². The molecule has 8 heteroatoms. The molecule has 0 saturated carbocycles. The zero-order valence-corrected chi connectivity index (χ0v) is 21.7. The number of aliphatic carboxylic acids is 1. The lowest BCUT2D eigenvalue weighted by atomic mass is 9.78. The molecule has 8 nitrogen and oxygen atoms in total. The van der Waals surface area contributed by atoms with Gasteiger partial charge < -0.3 is 24.6 Å². The van der Waals surface area contributed by atoms with Crippen molar-refractivity contribution in [1.82, 2.24) is 10.2 Å². The zero-order valence-electron chi connectivity index (χ0n) is 21.7. The van der Waals surface area contributed by atoms with Crippen molar-refractivity contribution in [3.63, 3.8) is 0 Å². The van der Waals surface area contributed by atoms with Gasteiger partial charge in [-0.3, -0.25) is 14.4 Å². The lowest BCUT2D eigenvalue weighted by Crippen LogP contribution is -2.48. The van der Waals surface area contributed by atoms with E-state index in [1.807, 2.05) is 36.1 Å². The van der Waals surface area contributed by atoms with E-state index in [0.29, 0.717) is 12.2 Å². The molecule has 1 unspecified atom stereocenters. The molecule has 1 aliphatic heterocycles. The van der Waals surface area contributed by atoms with Crippen LogP contribution in [0.4, 0.5) is 5.69 Å². The van der Waals surface area contributed by atoms with E-state index in [9.17, 15) is 14.4 Å². The van der Waals surface area contributed by atoms with Crippen molar-refractivity contribution in [2.24, 2.45) is 5.41 Å². The third kappa shape index (κ3) is 7.68. The first kappa shape index (κ1) is 27.5. The molecular formula is C28H39N3O5. The summed E-state index contributed by atoms with van der Waals surface area (Å²) in [4.78, 5) is 40.7. The highest BCUT2D eigenvalue weighted by Crippen LogP contribution is 2.33. The third-order valence-corrected chi connectivity index (χ3v) is 7.09. The van der Waals surface area contributed by atoms with Gasteiger partial charge >= 0.3 is 5.97 Å². The Balaban J connectivity index is 1.60. The smallest absolute Gasteiger partial charge is 0.322 e. The summed E-state index contributed by atoms with van der Waals surface area (Å²) in [5.74, 6) is -1.02. The van der Waals surface area contributed by atoms with Crippen LogP contribution in [-0.4, -0.2) is 60.0 Å². The van der Waals surface area contributed by atoms with E-state index in [-0.39, 0.29) is 29.8 Å². The highest BCUT2D eigenvalue weighted by Gasteiger charge is 2.32. The number of rotatable bonds is 12. The molecule has 0 aliphatic carbocycles. The third-order valence-electron chi connectivity index (χ3n) is 7.09. The number of anilines is 1. The number of nitrogens with one attached hydrogen (secondary N) is 1. The summed E-state index contributed by atoms with van der Waals surface area (Å²) < 4.78 is 5.43. The van der Waals surface area contributed by atoms with Crippen LogP contribution in [0.1, 0.15) is 68.5 Å². The van der Waals surface area contributed by atoms with Gasteiger partial charge in [-0.2, -0.15) is 0 Å². The molecular weight excluding hydrogens is 458 g/mol. The summed E-state index contributed by atoms with van der Waals surface area (Å²) in [6.07, 6.45) is 6.28. The SMILES string of the molecule is CCCC(C)(CCN1CCC(N(C(=O)c2ccco2)c2ccc(C)cc2)CC1)CC(=O)NCC(=O)O. The van der Waals surface area contributed by atoms with Crippen LogP contribution in [0, 0.1) is 12.3 Å². The number of carbonyl (C=O) groups is 3. The van der Waals surface area contributed by atoms with E-state index in [1.165, 1.54) is 6.26 Å².